The second kappa shape index (κ2) is 10.1. The van der Waals surface area contributed by atoms with Crippen molar-refractivity contribution < 1.29 is 28.0 Å². The van der Waals surface area contributed by atoms with Gasteiger partial charge in [-0.25, -0.2) is 9.65 Å². The standard InChI is InChI=1S/C25H31N4O7P/c1-28-14-11-25-10-9-20(15-22(25)34-24-21(33-2)8-3-17(16-28)23(24)25)36-37(32,27-13-12-26)35-19-6-4-18(5-7-19)29(30)31/h3-10,20,22H,11-16,26H2,1-2H3,(H,27,32)/t20-,22-,25-,37?/m0/s1. The lowest BCUT2D eigenvalue weighted by Crippen LogP contribution is -2.43. The topological polar surface area (TPSA) is 138 Å². The molecule has 0 saturated carbocycles. The highest BCUT2D eigenvalue weighted by Gasteiger charge is 2.53. The number of hydrogen-bond acceptors (Lipinski definition) is 9. The van der Waals surface area contributed by atoms with Crippen LogP contribution in [0.15, 0.2) is 48.6 Å². The number of nitrogens with two attached hydrogens (primary N) is 1. The summed E-state index contributed by atoms with van der Waals surface area (Å²) in [5.41, 5.74) is 7.55. The van der Waals surface area contributed by atoms with Gasteiger partial charge in [0.05, 0.1) is 23.6 Å². The Morgan fingerprint density at radius 1 is 1.30 bits per heavy atom. The zero-order valence-electron chi connectivity index (χ0n) is 20.8. The molecule has 0 aromatic heterocycles. The maximum atomic E-state index is 13.7. The Bertz CT molecular complexity index is 1250. The van der Waals surface area contributed by atoms with Gasteiger partial charge in [-0.15, -0.1) is 0 Å². The van der Waals surface area contributed by atoms with Gasteiger partial charge in [-0.2, -0.15) is 0 Å². The van der Waals surface area contributed by atoms with E-state index in [9.17, 15) is 14.7 Å². The average Bonchev–Trinajstić information content (AvgIpc) is 3.14. The molecule has 1 aliphatic carbocycles. The Hall–Kier alpha value is -2.95. The van der Waals surface area contributed by atoms with Crippen molar-refractivity contribution in [3.8, 4) is 17.2 Å². The molecule has 4 atom stereocenters. The highest BCUT2D eigenvalue weighted by atomic mass is 31.2. The first-order chi connectivity index (χ1) is 17.8. The summed E-state index contributed by atoms with van der Waals surface area (Å²) in [5.74, 6) is 1.64. The van der Waals surface area contributed by atoms with E-state index in [2.05, 4.69) is 29.2 Å². The van der Waals surface area contributed by atoms with Crippen molar-refractivity contribution >= 4 is 13.4 Å². The highest BCUT2D eigenvalue weighted by molar-refractivity contribution is 7.52. The zero-order chi connectivity index (χ0) is 26.2. The Morgan fingerprint density at radius 2 is 2.08 bits per heavy atom. The van der Waals surface area contributed by atoms with Gasteiger partial charge in [-0.3, -0.25) is 14.6 Å². The van der Waals surface area contributed by atoms with Crippen LogP contribution in [0.1, 0.15) is 24.0 Å². The van der Waals surface area contributed by atoms with Gasteiger partial charge >= 0.3 is 7.75 Å². The molecule has 0 radical (unpaired) electrons. The normalized spacial score (nSPS) is 25.8. The van der Waals surface area contributed by atoms with E-state index < -0.39 is 18.8 Å². The van der Waals surface area contributed by atoms with E-state index >= 15 is 0 Å². The number of benzene rings is 2. The molecule has 1 spiro atoms. The fraction of sp³-hybridized carbons (Fsp3) is 0.440. The summed E-state index contributed by atoms with van der Waals surface area (Å²) < 4.78 is 37.6. The number of rotatable bonds is 9. The lowest BCUT2D eigenvalue weighted by atomic mass is 9.69. The second-order valence-electron chi connectivity index (χ2n) is 9.54. The van der Waals surface area contributed by atoms with Gasteiger partial charge in [0, 0.05) is 43.8 Å². The highest BCUT2D eigenvalue weighted by Crippen LogP contribution is 2.57. The minimum absolute atomic E-state index is 0.0969. The molecule has 37 heavy (non-hydrogen) atoms. The van der Waals surface area contributed by atoms with E-state index in [1.807, 2.05) is 12.1 Å². The monoisotopic (exact) mass is 530 g/mol. The summed E-state index contributed by atoms with van der Waals surface area (Å²) >= 11 is 0. The molecule has 5 rings (SSSR count). The number of hydrogen-bond donors (Lipinski definition) is 2. The first-order valence-electron chi connectivity index (χ1n) is 12.2. The van der Waals surface area contributed by atoms with E-state index in [4.69, 9.17) is 24.3 Å². The molecular formula is C25H31N4O7P. The maximum absolute atomic E-state index is 13.7. The molecule has 198 valence electrons. The number of ether oxygens (including phenoxy) is 2. The molecule has 11 nitrogen and oxygen atoms in total. The lowest BCUT2D eigenvalue weighted by Gasteiger charge is -2.37. The number of non-ortho nitro benzene ring substituents is 1. The molecule has 1 unspecified atom stereocenters. The molecule has 0 bridgehead atoms. The number of nitro groups is 1. The maximum Gasteiger partial charge on any atom is 0.459 e. The molecule has 3 N–H and O–H groups in total. The van der Waals surface area contributed by atoms with Crippen molar-refractivity contribution in [3.05, 3.63) is 69.8 Å². The molecular weight excluding hydrogens is 499 g/mol. The third-order valence-corrected chi connectivity index (χ3v) is 8.74. The van der Waals surface area contributed by atoms with E-state index in [1.54, 1.807) is 7.11 Å². The van der Waals surface area contributed by atoms with E-state index in [1.165, 1.54) is 29.8 Å². The summed E-state index contributed by atoms with van der Waals surface area (Å²) in [4.78, 5) is 12.7. The minimum Gasteiger partial charge on any atom is -0.493 e. The smallest absolute Gasteiger partial charge is 0.459 e. The lowest BCUT2D eigenvalue weighted by molar-refractivity contribution is -0.384. The molecule has 12 heteroatoms. The zero-order valence-corrected chi connectivity index (χ0v) is 21.7. The van der Waals surface area contributed by atoms with Crippen LogP contribution in [-0.2, 0) is 21.0 Å². The van der Waals surface area contributed by atoms with Crippen LogP contribution in [0, 0.1) is 10.1 Å². The van der Waals surface area contributed by atoms with Gasteiger partial charge < -0.3 is 24.6 Å². The van der Waals surface area contributed by atoms with Crippen LogP contribution < -0.4 is 24.8 Å². The Kier molecular flexibility index (Phi) is 6.99. The van der Waals surface area contributed by atoms with Crippen LogP contribution in [0.4, 0.5) is 5.69 Å². The molecule has 2 aliphatic heterocycles. The number of nitro benzene ring substituents is 1. The Morgan fingerprint density at radius 3 is 2.78 bits per heavy atom. The molecule has 2 heterocycles. The Balaban J connectivity index is 1.41. The number of nitrogens with one attached hydrogen (secondary N) is 1. The van der Waals surface area contributed by atoms with Gasteiger partial charge in [0.15, 0.2) is 11.5 Å². The van der Waals surface area contributed by atoms with E-state index in [-0.39, 0.29) is 36.0 Å². The van der Waals surface area contributed by atoms with Crippen molar-refractivity contribution in [2.45, 2.75) is 37.0 Å². The largest absolute Gasteiger partial charge is 0.493 e. The van der Waals surface area contributed by atoms with E-state index in [0.717, 1.165) is 30.8 Å². The predicted molar refractivity (Wildman–Crippen MR) is 137 cm³/mol. The molecule has 3 aliphatic rings. The summed E-state index contributed by atoms with van der Waals surface area (Å²) in [5, 5.41) is 13.7. The second-order valence-corrected chi connectivity index (χ2v) is 11.2. The fourth-order valence-corrected chi connectivity index (χ4v) is 6.88. The Labute approximate surface area is 215 Å². The van der Waals surface area contributed by atoms with Gasteiger partial charge in [-0.05, 0) is 43.8 Å². The van der Waals surface area contributed by atoms with Crippen molar-refractivity contribution in [2.24, 2.45) is 5.73 Å². The first kappa shape index (κ1) is 25.7. The first-order valence-corrected chi connectivity index (χ1v) is 13.7. The molecule has 2 aromatic carbocycles. The fourth-order valence-electron chi connectivity index (χ4n) is 5.38. The van der Waals surface area contributed by atoms with Crippen molar-refractivity contribution in [1.29, 1.82) is 0 Å². The molecule has 0 saturated heterocycles. The summed E-state index contributed by atoms with van der Waals surface area (Å²) in [6, 6.07) is 9.38. The van der Waals surface area contributed by atoms with Crippen LogP contribution in [0.2, 0.25) is 0 Å². The van der Waals surface area contributed by atoms with Crippen molar-refractivity contribution in [1.82, 2.24) is 9.99 Å². The molecule has 0 fully saturated rings. The van der Waals surface area contributed by atoms with Crippen molar-refractivity contribution in [2.75, 3.05) is 33.8 Å². The van der Waals surface area contributed by atoms with Crippen LogP contribution >= 0.6 is 7.75 Å². The molecule has 0 amide bonds. The van der Waals surface area contributed by atoms with Crippen LogP contribution in [0.5, 0.6) is 17.2 Å². The number of methoxy groups -OCH3 is 1. The summed E-state index contributed by atoms with van der Waals surface area (Å²) in [6.07, 6.45) is 4.58. The van der Waals surface area contributed by atoms with Gasteiger partial charge in [-0.1, -0.05) is 18.2 Å². The minimum atomic E-state index is -3.87. The van der Waals surface area contributed by atoms with Crippen molar-refractivity contribution in [3.63, 3.8) is 0 Å². The van der Waals surface area contributed by atoms with Crippen LogP contribution in [-0.4, -0.2) is 55.8 Å². The molecule has 2 aromatic rings. The number of nitrogens with zero attached hydrogens (tertiary/aromatic N) is 2. The average molecular weight is 531 g/mol. The third-order valence-electron chi connectivity index (χ3n) is 7.13. The van der Waals surface area contributed by atoms with Crippen LogP contribution in [0.25, 0.3) is 0 Å². The van der Waals surface area contributed by atoms with E-state index in [0.29, 0.717) is 12.2 Å². The summed E-state index contributed by atoms with van der Waals surface area (Å²) in [7, 11) is -0.131. The van der Waals surface area contributed by atoms with Gasteiger partial charge in [0.25, 0.3) is 5.69 Å². The summed E-state index contributed by atoms with van der Waals surface area (Å²) in [6.45, 7) is 2.13. The van der Waals surface area contributed by atoms with Crippen LogP contribution in [0.3, 0.4) is 0 Å². The SMILES string of the molecule is COc1ccc2c3c1O[C@H]1C[C@@H](OP(=O)(NCCN)Oc4ccc([N+](=O)[O-])cc4)C=C[C@@]31CCN(C)C2. The predicted octanol–water partition coefficient (Wildman–Crippen LogP) is 3.52. The third kappa shape index (κ3) is 4.85. The quantitative estimate of drug-likeness (QED) is 0.214. The van der Waals surface area contributed by atoms with Gasteiger partial charge in [0.2, 0.25) is 0 Å². The van der Waals surface area contributed by atoms with Gasteiger partial charge in [0.1, 0.15) is 11.9 Å².